The second-order valence-corrected chi connectivity index (χ2v) is 6.00. The minimum absolute atomic E-state index is 0.224. The summed E-state index contributed by atoms with van der Waals surface area (Å²) < 4.78 is 0. The molecule has 0 bridgehead atoms. The first-order valence-electron chi connectivity index (χ1n) is 7.23. The molecule has 1 aromatic carbocycles. The van der Waals surface area contributed by atoms with Crippen LogP contribution in [0.5, 0.6) is 0 Å². The van der Waals surface area contributed by atoms with Crippen LogP contribution in [-0.4, -0.2) is 48.9 Å². The quantitative estimate of drug-likeness (QED) is 0.895. The van der Waals surface area contributed by atoms with Crippen molar-refractivity contribution >= 4 is 5.91 Å². The monoisotopic (exact) mass is 275 g/mol. The Bertz CT molecular complexity index is 455. The van der Waals surface area contributed by atoms with Gasteiger partial charge in [-0.15, -0.1) is 0 Å². The number of carbonyl (C=O) groups excluding carboxylic acids is 1. The zero-order chi connectivity index (χ0) is 14.7. The number of rotatable bonds is 4. The Labute approximate surface area is 121 Å². The molecule has 2 N–H and O–H groups in total. The average Bonchev–Trinajstić information content (AvgIpc) is 2.82. The van der Waals surface area contributed by atoms with Crippen molar-refractivity contribution in [2.24, 2.45) is 11.7 Å². The molecule has 0 saturated carbocycles. The normalized spacial score (nSPS) is 22.6. The topological polar surface area (TPSA) is 49.6 Å². The van der Waals surface area contributed by atoms with Gasteiger partial charge in [-0.25, -0.2) is 0 Å². The van der Waals surface area contributed by atoms with Gasteiger partial charge < -0.3 is 15.5 Å². The van der Waals surface area contributed by atoms with E-state index in [4.69, 9.17) is 5.73 Å². The number of hydrogen-bond donors (Lipinski definition) is 1. The van der Waals surface area contributed by atoms with Crippen LogP contribution in [0.4, 0.5) is 0 Å². The lowest BCUT2D eigenvalue weighted by atomic mass is 10.1. The zero-order valence-electron chi connectivity index (χ0n) is 12.7. The van der Waals surface area contributed by atoms with E-state index >= 15 is 0 Å². The van der Waals surface area contributed by atoms with E-state index in [9.17, 15) is 4.79 Å². The van der Waals surface area contributed by atoms with Crippen molar-refractivity contribution < 1.29 is 4.79 Å². The van der Waals surface area contributed by atoms with E-state index < -0.39 is 0 Å². The van der Waals surface area contributed by atoms with Gasteiger partial charge in [0, 0.05) is 25.7 Å². The molecule has 1 heterocycles. The van der Waals surface area contributed by atoms with Crippen LogP contribution in [0.15, 0.2) is 24.3 Å². The lowest BCUT2D eigenvalue weighted by Crippen LogP contribution is -2.36. The molecule has 4 heteroatoms. The van der Waals surface area contributed by atoms with Gasteiger partial charge in [0.25, 0.3) is 0 Å². The molecular formula is C16H25N3O. The maximum absolute atomic E-state index is 12.4. The molecule has 2 rings (SSSR count). The first kappa shape index (κ1) is 15.0. The van der Waals surface area contributed by atoms with Crippen LogP contribution in [0.2, 0.25) is 0 Å². The predicted molar refractivity (Wildman–Crippen MR) is 81.3 cm³/mol. The van der Waals surface area contributed by atoms with Crippen molar-refractivity contribution in [1.29, 1.82) is 0 Å². The van der Waals surface area contributed by atoms with Crippen LogP contribution in [0.3, 0.4) is 0 Å². The summed E-state index contributed by atoms with van der Waals surface area (Å²) in [5.41, 5.74) is 7.74. The van der Waals surface area contributed by atoms with Crippen molar-refractivity contribution in [2.75, 3.05) is 27.2 Å². The summed E-state index contributed by atoms with van der Waals surface area (Å²) in [6, 6.07) is 8.47. The predicted octanol–water partition coefficient (Wildman–Crippen LogP) is 1.10. The first-order valence-corrected chi connectivity index (χ1v) is 7.23. The average molecular weight is 275 g/mol. The summed E-state index contributed by atoms with van der Waals surface area (Å²) in [5.74, 6) is 0.760. The molecule has 1 fully saturated rings. The molecule has 1 aliphatic heterocycles. The molecule has 2 atom stereocenters. The van der Waals surface area contributed by atoms with Gasteiger partial charge in [-0.3, -0.25) is 4.79 Å². The zero-order valence-corrected chi connectivity index (χ0v) is 12.7. The number of nitrogens with two attached hydrogens (primary N) is 1. The Hall–Kier alpha value is -1.39. The van der Waals surface area contributed by atoms with E-state index in [1.54, 1.807) is 0 Å². The minimum Gasteiger partial charge on any atom is -0.341 e. The van der Waals surface area contributed by atoms with Crippen LogP contribution in [0.1, 0.15) is 18.1 Å². The number of benzene rings is 1. The van der Waals surface area contributed by atoms with Crippen molar-refractivity contribution in [3.63, 3.8) is 0 Å². The van der Waals surface area contributed by atoms with E-state index in [-0.39, 0.29) is 5.91 Å². The maximum Gasteiger partial charge on any atom is 0.227 e. The highest BCUT2D eigenvalue weighted by Crippen LogP contribution is 2.20. The molecule has 1 aromatic rings. The SMILES string of the molecule is CC1CN(C(=O)Cc2ccc(CN)cc2)CC1N(C)C. The van der Waals surface area contributed by atoms with Gasteiger partial charge in [-0.2, -0.15) is 0 Å². The number of likely N-dealkylation sites (tertiary alicyclic amines) is 1. The summed E-state index contributed by atoms with van der Waals surface area (Å²) in [5, 5.41) is 0. The van der Waals surface area contributed by atoms with E-state index in [0.29, 0.717) is 24.9 Å². The Morgan fingerprint density at radius 2 is 1.85 bits per heavy atom. The molecule has 1 amide bonds. The Kier molecular flexibility index (Phi) is 4.78. The summed E-state index contributed by atoms with van der Waals surface area (Å²) in [6.07, 6.45) is 0.484. The summed E-state index contributed by atoms with van der Waals surface area (Å²) >= 11 is 0. The van der Waals surface area contributed by atoms with Crippen molar-refractivity contribution in [3.8, 4) is 0 Å². The van der Waals surface area contributed by atoms with E-state index in [1.807, 2.05) is 29.2 Å². The number of carbonyl (C=O) groups is 1. The van der Waals surface area contributed by atoms with E-state index in [1.165, 1.54) is 0 Å². The summed E-state index contributed by atoms with van der Waals surface area (Å²) in [7, 11) is 4.17. The van der Waals surface area contributed by atoms with Gasteiger partial charge in [-0.05, 0) is 31.1 Å². The minimum atomic E-state index is 0.224. The fraction of sp³-hybridized carbons (Fsp3) is 0.562. The standard InChI is InChI=1S/C16H25N3O/c1-12-10-19(11-15(12)18(2)3)16(20)8-13-4-6-14(9-17)7-5-13/h4-7,12,15H,8-11,17H2,1-3H3. The largest absolute Gasteiger partial charge is 0.341 e. The highest BCUT2D eigenvalue weighted by Gasteiger charge is 2.33. The van der Waals surface area contributed by atoms with Crippen LogP contribution >= 0.6 is 0 Å². The van der Waals surface area contributed by atoms with Crippen molar-refractivity contribution in [3.05, 3.63) is 35.4 Å². The van der Waals surface area contributed by atoms with Crippen molar-refractivity contribution in [2.45, 2.75) is 25.9 Å². The molecule has 1 aliphatic rings. The molecule has 0 aromatic heterocycles. The third kappa shape index (κ3) is 3.38. The van der Waals surface area contributed by atoms with Gasteiger partial charge in [0.15, 0.2) is 0 Å². The van der Waals surface area contributed by atoms with Gasteiger partial charge in [0.1, 0.15) is 0 Å². The molecule has 0 radical (unpaired) electrons. The first-order chi connectivity index (χ1) is 9.51. The lowest BCUT2D eigenvalue weighted by Gasteiger charge is -2.22. The summed E-state index contributed by atoms with van der Waals surface area (Å²) in [6.45, 7) is 4.47. The van der Waals surface area contributed by atoms with Gasteiger partial charge >= 0.3 is 0 Å². The number of nitrogens with zero attached hydrogens (tertiary/aromatic N) is 2. The van der Waals surface area contributed by atoms with Gasteiger partial charge in [0.05, 0.1) is 6.42 Å². The van der Waals surface area contributed by atoms with Crippen molar-refractivity contribution in [1.82, 2.24) is 9.80 Å². The van der Waals surface area contributed by atoms with Crippen LogP contribution in [0, 0.1) is 5.92 Å². The number of hydrogen-bond acceptors (Lipinski definition) is 3. The molecule has 4 nitrogen and oxygen atoms in total. The van der Waals surface area contributed by atoms with Crippen LogP contribution in [-0.2, 0) is 17.8 Å². The molecule has 20 heavy (non-hydrogen) atoms. The molecule has 0 spiro atoms. The van der Waals surface area contributed by atoms with E-state index in [0.717, 1.165) is 24.2 Å². The lowest BCUT2D eigenvalue weighted by molar-refractivity contribution is -0.129. The second kappa shape index (κ2) is 6.37. The number of amides is 1. The van der Waals surface area contributed by atoms with Crippen LogP contribution < -0.4 is 5.73 Å². The maximum atomic E-state index is 12.4. The summed E-state index contributed by atoms with van der Waals surface area (Å²) in [4.78, 5) is 16.6. The molecule has 0 aliphatic carbocycles. The smallest absolute Gasteiger partial charge is 0.227 e. The molecular weight excluding hydrogens is 250 g/mol. The third-order valence-electron chi connectivity index (χ3n) is 4.20. The Balaban J connectivity index is 1.95. The molecule has 2 unspecified atom stereocenters. The van der Waals surface area contributed by atoms with Crippen LogP contribution in [0.25, 0.3) is 0 Å². The Morgan fingerprint density at radius 3 is 2.35 bits per heavy atom. The van der Waals surface area contributed by atoms with Gasteiger partial charge in [-0.1, -0.05) is 31.2 Å². The second-order valence-electron chi connectivity index (χ2n) is 6.00. The fourth-order valence-electron chi connectivity index (χ4n) is 2.91. The van der Waals surface area contributed by atoms with E-state index in [2.05, 4.69) is 25.9 Å². The molecule has 110 valence electrons. The van der Waals surface area contributed by atoms with Gasteiger partial charge in [0.2, 0.25) is 5.91 Å². The highest BCUT2D eigenvalue weighted by molar-refractivity contribution is 5.79. The number of likely N-dealkylation sites (N-methyl/N-ethyl adjacent to an activating group) is 1. The highest BCUT2D eigenvalue weighted by atomic mass is 16.2. The Morgan fingerprint density at radius 1 is 1.25 bits per heavy atom. The fourth-order valence-corrected chi connectivity index (χ4v) is 2.91. The third-order valence-corrected chi connectivity index (χ3v) is 4.20. The molecule has 1 saturated heterocycles.